The van der Waals surface area contributed by atoms with Gasteiger partial charge in [-0.25, -0.2) is 4.98 Å². The molecule has 0 bridgehead atoms. The summed E-state index contributed by atoms with van der Waals surface area (Å²) >= 11 is 0. The molecule has 0 atom stereocenters. The molecule has 2 aromatic rings. The minimum absolute atomic E-state index is 0.510. The largest absolute Gasteiger partial charge is 0.492 e. The van der Waals surface area contributed by atoms with Crippen molar-refractivity contribution in [1.29, 1.82) is 0 Å². The van der Waals surface area contributed by atoms with Gasteiger partial charge in [0.15, 0.2) is 5.82 Å². The molecule has 0 fully saturated rings. The fourth-order valence-electron chi connectivity index (χ4n) is 1.42. The van der Waals surface area contributed by atoms with E-state index >= 15 is 0 Å². The second-order valence-electron chi connectivity index (χ2n) is 4.58. The summed E-state index contributed by atoms with van der Waals surface area (Å²) in [6.45, 7) is 4.93. The van der Waals surface area contributed by atoms with Crippen LogP contribution in [0, 0.1) is 5.92 Å². The van der Waals surface area contributed by atoms with Gasteiger partial charge in [-0.1, -0.05) is 13.8 Å². The zero-order chi connectivity index (χ0) is 13.0. The molecule has 0 aliphatic rings. The third-order valence-electron chi connectivity index (χ3n) is 2.29. The predicted molar refractivity (Wildman–Crippen MR) is 71.1 cm³/mol. The lowest BCUT2D eigenvalue weighted by Gasteiger charge is -2.08. The van der Waals surface area contributed by atoms with Crippen molar-refractivity contribution in [2.75, 3.05) is 11.9 Å². The van der Waals surface area contributed by atoms with Crippen molar-refractivity contribution in [3.8, 4) is 5.75 Å². The van der Waals surface area contributed by atoms with Crippen molar-refractivity contribution in [3.63, 3.8) is 0 Å². The Hall–Kier alpha value is -2.04. The third-order valence-corrected chi connectivity index (χ3v) is 2.29. The number of pyridine rings is 1. The first kappa shape index (κ1) is 12.4. The van der Waals surface area contributed by atoms with E-state index in [9.17, 15) is 0 Å². The summed E-state index contributed by atoms with van der Waals surface area (Å²) in [5.41, 5.74) is 0. The van der Waals surface area contributed by atoms with E-state index in [1.54, 1.807) is 10.9 Å². The van der Waals surface area contributed by atoms with Gasteiger partial charge in [0.05, 0.1) is 12.8 Å². The highest BCUT2D eigenvalue weighted by Gasteiger charge is 2.01. The van der Waals surface area contributed by atoms with E-state index in [0.29, 0.717) is 12.5 Å². The normalized spacial score (nSPS) is 10.7. The molecule has 0 spiro atoms. The molecule has 0 radical (unpaired) electrons. The standard InChI is InChI=1S/C13H18N4O/c1-10(2)9-18-11-4-5-12(14-8-11)15-13-6-7-17(3)16-13/h4-8,10H,9H2,1-3H3,(H,14,15,16). The van der Waals surface area contributed by atoms with Crippen LogP contribution in [-0.4, -0.2) is 21.4 Å². The van der Waals surface area contributed by atoms with E-state index in [-0.39, 0.29) is 0 Å². The van der Waals surface area contributed by atoms with Gasteiger partial charge in [-0.2, -0.15) is 5.10 Å². The predicted octanol–water partition coefficient (Wildman–Crippen LogP) is 2.59. The molecule has 1 N–H and O–H groups in total. The summed E-state index contributed by atoms with van der Waals surface area (Å²) in [5, 5.41) is 7.34. The Kier molecular flexibility index (Phi) is 3.82. The van der Waals surface area contributed by atoms with Crippen LogP contribution in [0.25, 0.3) is 0 Å². The molecule has 18 heavy (non-hydrogen) atoms. The number of rotatable bonds is 5. The van der Waals surface area contributed by atoms with Crippen LogP contribution in [0.1, 0.15) is 13.8 Å². The molecule has 0 aliphatic carbocycles. The second-order valence-corrected chi connectivity index (χ2v) is 4.58. The number of hydrogen-bond donors (Lipinski definition) is 1. The maximum atomic E-state index is 5.57. The quantitative estimate of drug-likeness (QED) is 0.881. The Labute approximate surface area is 107 Å². The monoisotopic (exact) mass is 246 g/mol. The highest BCUT2D eigenvalue weighted by atomic mass is 16.5. The van der Waals surface area contributed by atoms with Crippen molar-refractivity contribution in [2.24, 2.45) is 13.0 Å². The zero-order valence-corrected chi connectivity index (χ0v) is 10.9. The number of anilines is 2. The maximum Gasteiger partial charge on any atom is 0.153 e. The molecule has 5 nitrogen and oxygen atoms in total. The molecular formula is C13H18N4O. The smallest absolute Gasteiger partial charge is 0.153 e. The van der Waals surface area contributed by atoms with Gasteiger partial charge < -0.3 is 10.1 Å². The van der Waals surface area contributed by atoms with E-state index in [1.165, 1.54) is 0 Å². The third kappa shape index (κ3) is 3.48. The van der Waals surface area contributed by atoms with E-state index in [4.69, 9.17) is 4.74 Å². The number of aryl methyl sites for hydroxylation is 1. The summed E-state index contributed by atoms with van der Waals surface area (Å²) in [6.07, 6.45) is 3.59. The first-order valence-corrected chi connectivity index (χ1v) is 5.99. The summed E-state index contributed by atoms with van der Waals surface area (Å²) < 4.78 is 7.31. The molecule has 5 heteroatoms. The summed E-state index contributed by atoms with van der Waals surface area (Å²) in [4.78, 5) is 4.28. The Morgan fingerprint density at radius 1 is 1.28 bits per heavy atom. The zero-order valence-electron chi connectivity index (χ0n) is 10.9. The lowest BCUT2D eigenvalue weighted by molar-refractivity contribution is 0.270. The van der Waals surface area contributed by atoms with Gasteiger partial charge in [-0.3, -0.25) is 4.68 Å². The number of nitrogens with zero attached hydrogens (tertiary/aromatic N) is 3. The fourth-order valence-corrected chi connectivity index (χ4v) is 1.42. The molecule has 2 heterocycles. The van der Waals surface area contributed by atoms with Crippen LogP contribution in [0.2, 0.25) is 0 Å². The molecule has 0 unspecified atom stereocenters. The minimum atomic E-state index is 0.510. The molecule has 0 amide bonds. The van der Waals surface area contributed by atoms with E-state index in [0.717, 1.165) is 17.4 Å². The Morgan fingerprint density at radius 2 is 2.11 bits per heavy atom. The molecule has 0 aliphatic heterocycles. The minimum Gasteiger partial charge on any atom is -0.492 e. The lowest BCUT2D eigenvalue weighted by atomic mass is 10.2. The number of ether oxygens (including phenoxy) is 1. The van der Waals surface area contributed by atoms with Gasteiger partial charge in [-0.15, -0.1) is 0 Å². The highest BCUT2D eigenvalue weighted by molar-refractivity contribution is 5.51. The Morgan fingerprint density at radius 3 is 2.67 bits per heavy atom. The van der Waals surface area contributed by atoms with Gasteiger partial charge >= 0.3 is 0 Å². The number of aromatic nitrogens is 3. The van der Waals surface area contributed by atoms with Crippen molar-refractivity contribution in [1.82, 2.24) is 14.8 Å². The van der Waals surface area contributed by atoms with Crippen LogP contribution in [0.3, 0.4) is 0 Å². The van der Waals surface area contributed by atoms with Crippen LogP contribution < -0.4 is 10.1 Å². The van der Waals surface area contributed by atoms with Crippen LogP contribution in [0.5, 0.6) is 5.75 Å². The first-order valence-electron chi connectivity index (χ1n) is 5.99. The van der Waals surface area contributed by atoms with Gasteiger partial charge in [0.1, 0.15) is 11.6 Å². The number of nitrogens with one attached hydrogen (secondary N) is 1. The summed E-state index contributed by atoms with van der Waals surface area (Å²) in [6, 6.07) is 5.68. The van der Waals surface area contributed by atoms with E-state index < -0.39 is 0 Å². The summed E-state index contributed by atoms with van der Waals surface area (Å²) in [5.74, 6) is 2.83. The van der Waals surface area contributed by atoms with Gasteiger partial charge in [0.25, 0.3) is 0 Å². The molecule has 0 saturated heterocycles. The molecule has 2 aromatic heterocycles. The Bertz CT molecular complexity index is 490. The first-order chi connectivity index (χ1) is 8.63. The van der Waals surface area contributed by atoms with Crippen molar-refractivity contribution in [2.45, 2.75) is 13.8 Å². The molecule has 2 rings (SSSR count). The Balaban J connectivity index is 1.95. The van der Waals surface area contributed by atoms with Crippen molar-refractivity contribution >= 4 is 11.6 Å². The van der Waals surface area contributed by atoms with Crippen LogP contribution in [-0.2, 0) is 7.05 Å². The molecule has 0 aromatic carbocycles. The molecule has 0 saturated carbocycles. The van der Waals surface area contributed by atoms with Crippen LogP contribution in [0.15, 0.2) is 30.6 Å². The van der Waals surface area contributed by atoms with Crippen molar-refractivity contribution in [3.05, 3.63) is 30.6 Å². The average molecular weight is 246 g/mol. The van der Waals surface area contributed by atoms with Crippen LogP contribution >= 0.6 is 0 Å². The SMILES string of the molecule is CC(C)COc1ccc(Nc2ccn(C)n2)nc1. The van der Waals surface area contributed by atoms with Crippen molar-refractivity contribution < 1.29 is 4.74 Å². The molecule has 96 valence electrons. The second kappa shape index (κ2) is 5.53. The lowest BCUT2D eigenvalue weighted by Crippen LogP contribution is -2.04. The average Bonchev–Trinajstić information content (AvgIpc) is 2.74. The van der Waals surface area contributed by atoms with E-state index in [2.05, 4.69) is 29.2 Å². The number of hydrogen-bond acceptors (Lipinski definition) is 4. The fraction of sp³-hybridized carbons (Fsp3) is 0.385. The van der Waals surface area contributed by atoms with Gasteiger partial charge in [-0.05, 0) is 18.1 Å². The van der Waals surface area contributed by atoms with Crippen LogP contribution in [0.4, 0.5) is 11.6 Å². The van der Waals surface area contributed by atoms with Gasteiger partial charge in [0.2, 0.25) is 0 Å². The van der Waals surface area contributed by atoms with Gasteiger partial charge in [0, 0.05) is 19.3 Å². The maximum absolute atomic E-state index is 5.57. The summed E-state index contributed by atoms with van der Waals surface area (Å²) in [7, 11) is 1.88. The molecular weight excluding hydrogens is 228 g/mol. The highest BCUT2D eigenvalue weighted by Crippen LogP contribution is 2.16. The van der Waals surface area contributed by atoms with E-state index in [1.807, 2.05) is 31.4 Å². The topological polar surface area (TPSA) is 52.0 Å².